The molecule has 4 heteroatoms. The van der Waals surface area contributed by atoms with E-state index in [4.69, 9.17) is 5.73 Å². The number of nitrogens with one attached hydrogen (secondary N) is 1. The lowest BCUT2D eigenvalue weighted by Gasteiger charge is -2.20. The summed E-state index contributed by atoms with van der Waals surface area (Å²) in [7, 11) is 0. The van der Waals surface area contributed by atoms with E-state index in [-0.39, 0.29) is 6.54 Å². The summed E-state index contributed by atoms with van der Waals surface area (Å²) in [6.07, 6.45) is -2.02. The van der Waals surface area contributed by atoms with Crippen molar-refractivity contribution in [2.24, 2.45) is 5.73 Å². The van der Waals surface area contributed by atoms with Crippen LogP contribution in [0.3, 0.4) is 0 Å². The molecule has 54 valence electrons. The minimum Gasteiger partial charge on any atom is -0.319 e. The van der Waals surface area contributed by atoms with Gasteiger partial charge in [-0.3, -0.25) is 0 Å². The Hall–Kier alpha value is -0.220. The number of rotatable bonds is 1. The van der Waals surface area contributed by atoms with Crippen molar-refractivity contribution < 1.29 is 8.78 Å². The van der Waals surface area contributed by atoms with Crippen molar-refractivity contribution in [3.8, 4) is 0 Å². The molecule has 0 spiro atoms. The first-order valence-corrected chi connectivity index (χ1v) is 2.93. The molecule has 0 aromatic heterocycles. The lowest BCUT2D eigenvalue weighted by Crippen LogP contribution is -2.48. The monoisotopic (exact) mass is 136 g/mol. The average Bonchev–Trinajstić information content (AvgIpc) is 2.16. The SMILES string of the molecule is NC1(C(F)F)CCNC1. The fourth-order valence-electron chi connectivity index (χ4n) is 0.917. The van der Waals surface area contributed by atoms with Gasteiger partial charge in [-0.25, -0.2) is 8.78 Å². The molecule has 3 N–H and O–H groups in total. The zero-order valence-electron chi connectivity index (χ0n) is 5.03. The van der Waals surface area contributed by atoms with Crippen molar-refractivity contribution >= 4 is 0 Å². The summed E-state index contributed by atoms with van der Waals surface area (Å²) in [5.74, 6) is 0. The Balaban J connectivity index is 2.51. The number of hydrogen-bond donors (Lipinski definition) is 2. The Morgan fingerprint density at radius 1 is 1.56 bits per heavy atom. The molecule has 2 nitrogen and oxygen atoms in total. The van der Waals surface area contributed by atoms with E-state index < -0.39 is 12.0 Å². The van der Waals surface area contributed by atoms with Crippen LogP contribution in [-0.2, 0) is 0 Å². The molecular formula is C5H10F2N2. The van der Waals surface area contributed by atoms with Gasteiger partial charge >= 0.3 is 0 Å². The largest absolute Gasteiger partial charge is 0.319 e. The van der Waals surface area contributed by atoms with Crippen molar-refractivity contribution in [3.63, 3.8) is 0 Å². The lowest BCUT2D eigenvalue weighted by molar-refractivity contribution is 0.0646. The molecule has 0 bridgehead atoms. The van der Waals surface area contributed by atoms with Crippen molar-refractivity contribution in [1.82, 2.24) is 5.32 Å². The predicted molar refractivity (Wildman–Crippen MR) is 30.4 cm³/mol. The van der Waals surface area contributed by atoms with Gasteiger partial charge in [0.05, 0.1) is 5.54 Å². The Bertz CT molecular complexity index is 99.1. The molecule has 1 atom stereocenters. The molecule has 0 radical (unpaired) electrons. The summed E-state index contributed by atoms with van der Waals surface area (Å²) in [5, 5.41) is 2.79. The second kappa shape index (κ2) is 2.19. The van der Waals surface area contributed by atoms with Gasteiger partial charge in [-0.1, -0.05) is 0 Å². The van der Waals surface area contributed by atoms with Crippen LogP contribution in [0.5, 0.6) is 0 Å². The molecule has 1 unspecified atom stereocenters. The van der Waals surface area contributed by atoms with Crippen LogP contribution in [0.25, 0.3) is 0 Å². The van der Waals surface area contributed by atoms with Crippen LogP contribution >= 0.6 is 0 Å². The molecule has 1 heterocycles. The number of nitrogens with two attached hydrogens (primary N) is 1. The highest BCUT2D eigenvalue weighted by Crippen LogP contribution is 2.19. The second-order valence-electron chi connectivity index (χ2n) is 2.46. The van der Waals surface area contributed by atoms with E-state index >= 15 is 0 Å². The Morgan fingerprint density at radius 2 is 2.22 bits per heavy atom. The molecule has 0 aromatic rings. The Labute approximate surface area is 52.4 Å². The van der Waals surface area contributed by atoms with Gasteiger partial charge in [-0.2, -0.15) is 0 Å². The maximum absolute atomic E-state index is 12.0. The van der Waals surface area contributed by atoms with E-state index in [0.717, 1.165) is 0 Å². The molecule has 1 aliphatic rings. The summed E-state index contributed by atoms with van der Waals surface area (Å²) in [5.41, 5.74) is 4.04. The van der Waals surface area contributed by atoms with Crippen LogP contribution in [0.2, 0.25) is 0 Å². The van der Waals surface area contributed by atoms with Gasteiger partial charge in [0.15, 0.2) is 0 Å². The highest BCUT2D eigenvalue weighted by atomic mass is 19.3. The van der Waals surface area contributed by atoms with Gasteiger partial charge in [0.25, 0.3) is 6.43 Å². The molecule has 0 aromatic carbocycles. The van der Waals surface area contributed by atoms with Crippen LogP contribution in [0.15, 0.2) is 0 Å². The van der Waals surface area contributed by atoms with E-state index in [1.54, 1.807) is 0 Å². The standard InChI is InChI=1S/C5H10F2N2/c6-4(7)5(8)1-2-9-3-5/h4,9H,1-3,8H2. The van der Waals surface area contributed by atoms with Crippen LogP contribution in [0.1, 0.15) is 6.42 Å². The molecular weight excluding hydrogens is 126 g/mol. The number of hydrogen-bond acceptors (Lipinski definition) is 2. The first kappa shape index (κ1) is 6.89. The van der Waals surface area contributed by atoms with Gasteiger partial charge in [0.1, 0.15) is 0 Å². The predicted octanol–water partition coefficient (Wildman–Crippen LogP) is -0.0577. The normalized spacial score (nSPS) is 36.0. The average molecular weight is 136 g/mol. The second-order valence-corrected chi connectivity index (χ2v) is 2.46. The fraction of sp³-hybridized carbons (Fsp3) is 1.00. The van der Waals surface area contributed by atoms with Crippen molar-refractivity contribution in [3.05, 3.63) is 0 Å². The smallest absolute Gasteiger partial charge is 0.257 e. The topological polar surface area (TPSA) is 38.0 Å². The molecule has 1 saturated heterocycles. The van der Waals surface area contributed by atoms with E-state index in [1.165, 1.54) is 0 Å². The van der Waals surface area contributed by atoms with Crippen LogP contribution in [0, 0.1) is 0 Å². The van der Waals surface area contributed by atoms with E-state index in [9.17, 15) is 8.78 Å². The fourth-order valence-corrected chi connectivity index (χ4v) is 0.917. The minimum absolute atomic E-state index is 0.241. The van der Waals surface area contributed by atoms with Gasteiger partial charge in [-0.05, 0) is 13.0 Å². The minimum atomic E-state index is -2.40. The Kier molecular flexibility index (Phi) is 1.68. The van der Waals surface area contributed by atoms with Crippen LogP contribution in [0.4, 0.5) is 8.78 Å². The van der Waals surface area contributed by atoms with Gasteiger partial charge < -0.3 is 11.1 Å². The maximum atomic E-state index is 12.0. The van der Waals surface area contributed by atoms with Gasteiger partial charge in [0.2, 0.25) is 0 Å². The summed E-state index contributed by atoms with van der Waals surface area (Å²) >= 11 is 0. The summed E-state index contributed by atoms with van der Waals surface area (Å²) in [4.78, 5) is 0. The zero-order valence-corrected chi connectivity index (χ0v) is 5.03. The van der Waals surface area contributed by atoms with Gasteiger partial charge in [-0.15, -0.1) is 0 Å². The molecule has 0 saturated carbocycles. The maximum Gasteiger partial charge on any atom is 0.257 e. The quantitative estimate of drug-likeness (QED) is 0.530. The molecule has 0 aliphatic carbocycles. The Morgan fingerprint density at radius 3 is 2.44 bits per heavy atom. The molecule has 1 rings (SSSR count). The third-order valence-corrected chi connectivity index (χ3v) is 1.66. The number of alkyl halides is 2. The summed E-state index contributed by atoms with van der Waals surface area (Å²) < 4.78 is 23.9. The summed E-state index contributed by atoms with van der Waals surface area (Å²) in [6, 6.07) is 0. The van der Waals surface area contributed by atoms with Crippen molar-refractivity contribution in [1.29, 1.82) is 0 Å². The van der Waals surface area contributed by atoms with E-state index in [1.807, 2.05) is 0 Å². The third kappa shape index (κ3) is 1.19. The van der Waals surface area contributed by atoms with Crippen LogP contribution in [-0.4, -0.2) is 25.1 Å². The van der Waals surface area contributed by atoms with E-state index in [2.05, 4.69) is 5.32 Å². The van der Waals surface area contributed by atoms with E-state index in [0.29, 0.717) is 13.0 Å². The molecule has 9 heavy (non-hydrogen) atoms. The first-order chi connectivity index (χ1) is 4.15. The molecule has 0 amide bonds. The van der Waals surface area contributed by atoms with Crippen LogP contribution < -0.4 is 11.1 Å². The van der Waals surface area contributed by atoms with Gasteiger partial charge in [0, 0.05) is 6.54 Å². The zero-order chi connectivity index (χ0) is 6.91. The molecule has 1 aliphatic heterocycles. The lowest BCUT2D eigenvalue weighted by atomic mass is 10.0. The first-order valence-electron chi connectivity index (χ1n) is 2.93. The number of halogens is 2. The van der Waals surface area contributed by atoms with Crippen molar-refractivity contribution in [2.75, 3.05) is 13.1 Å². The highest BCUT2D eigenvalue weighted by Gasteiger charge is 2.38. The summed E-state index contributed by atoms with van der Waals surface area (Å²) in [6.45, 7) is 0.853. The highest BCUT2D eigenvalue weighted by molar-refractivity contribution is 4.94. The third-order valence-electron chi connectivity index (χ3n) is 1.66. The van der Waals surface area contributed by atoms with Crippen molar-refractivity contribution in [2.45, 2.75) is 18.4 Å². The molecule has 1 fully saturated rings.